The fourth-order valence-corrected chi connectivity index (χ4v) is 3.11. The van der Waals surface area contributed by atoms with E-state index in [4.69, 9.17) is 22.1 Å². The number of benzene rings is 1. The molecule has 21 heavy (non-hydrogen) atoms. The van der Waals surface area contributed by atoms with E-state index in [1.54, 1.807) is 12.1 Å². The molecule has 114 valence electrons. The van der Waals surface area contributed by atoms with Crippen molar-refractivity contribution in [1.29, 1.82) is 0 Å². The molecule has 0 radical (unpaired) electrons. The fourth-order valence-electron chi connectivity index (χ4n) is 1.73. The summed E-state index contributed by atoms with van der Waals surface area (Å²) in [7, 11) is -2.35. The number of halogens is 1. The zero-order valence-corrected chi connectivity index (χ0v) is 13.1. The van der Waals surface area contributed by atoms with E-state index in [1.165, 1.54) is 24.1 Å². The number of aromatic nitrogens is 2. The van der Waals surface area contributed by atoms with Crippen LogP contribution in [0.4, 0.5) is 11.5 Å². The molecule has 0 spiro atoms. The Morgan fingerprint density at radius 3 is 2.71 bits per heavy atom. The van der Waals surface area contributed by atoms with E-state index < -0.39 is 10.0 Å². The van der Waals surface area contributed by atoms with Crippen LogP contribution in [0.1, 0.15) is 6.92 Å². The van der Waals surface area contributed by atoms with Gasteiger partial charge in [-0.25, -0.2) is 8.42 Å². The second kappa shape index (κ2) is 5.82. The number of anilines is 2. The van der Waals surface area contributed by atoms with Gasteiger partial charge in [0.2, 0.25) is 0 Å². The minimum Gasteiger partial charge on any atom is -0.495 e. The number of nitrogens with one attached hydrogen (secondary N) is 1. The van der Waals surface area contributed by atoms with Crippen molar-refractivity contribution in [3.8, 4) is 5.75 Å². The summed E-state index contributed by atoms with van der Waals surface area (Å²) >= 11 is 5.96. The van der Waals surface area contributed by atoms with Gasteiger partial charge in [-0.05, 0) is 25.1 Å². The number of ether oxygens (including phenoxy) is 1. The largest absolute Gasteiger partial charge is 0.495 e. The Hall–Kier alpha value is -1.93. The molecular weight excluding hydrogens is 316 g/mol. The van der Waals surface area contributed by atoms with Crippen molar-refractivity contribution in [2.45, 2.75) is 18.4 Å². The van der Waals surface area contributed by atoms with E-state index in [-0.39, 0.29) is 10.7 Å². The minimum atomic E-state index is -3.83. The van der Waals surface area contributed by atoms with E-state index in [9.17, 15) is 8.42 Å². The van der Waals surface area contributed by atoms with Crippen molar-refractivity contribution in [2.24, 2.45) is 0 Å². The monoisotopic (exact) mass is 330 g/mol. The van der Waals surface area contributed by atoms with Crippen LogP contribution in [0.25, 0.3) is 0 Å². The van der Waals surface area contributed by atoms with Crippen LogP contribution in [-0.4, -0.2) is 25.3 Å². The maximum absolute atomic E-state index is 12.3. The van der Waals surface area contributed by atoms with Crippen LogP contribution in [0.15, 0.2) is 29.3 Å². The normalized spacial score (nSPS) is 11.4. The lowest BCUT2D eigenvalue weighted by molar-refractivity contribution is 0.415. The highest BCUT2D eigenvalue weighted by molar-refractivity contribution is 7.92. The molecule has 0 aliphatic heterocycles. The second-order valence-electron chi connectivity index (χ2n) is 4.19. The Morgan fingerprint density at radius 1 is 1.48 bits per heavy atom. The van der Waals surface area contributed by atoms with E-state index in [0.717, 1.165) is 0 Å². The number of nitrogen functional groups attached to an aromatic ring is 1. The van der Waals surface area contributed by atoms with Crippen LogP contribution in [-0.2, 0) is 16.6 Å². The van der Waals surface area contributed by atoms with Gasteiger partial charge in [-0.1, -0.05) is 11.6 Å². The van der Waals surface area contributed by atoms with Crippen molar-refractivity contribution in [3.63, 3.8) is 0 Å². The van der Waals surface area contributed by atoms with Gasteiger partial charge in [-0.3, -0.25) is 9.40 Å². The number of sulfonamides is 1. The number of hydrogen-bond donors (Lipinski definition) is 2. The summed E-state index contributed by atoms with van der Waals surface area (Å²) in [5.74, 6) is 0.405. The van der Waals surface area contributed by atoms with E-state index in [1.807, 2.05) is 6.92 Å². The molecule has 1 aromatic carbocycles. The zero-order chi connectivity index (χ0) is 15.6. The fraction of sp³-hybridized carbons (Fsp3) is 0.250. The van der Waals surface area contributed by atoms with Gasteiger partial charge in [0.05, 0.1) is 17.8 Å². The van der Waals surface area contributed by atoms with E-state index >= 15 is 0 Å². The molecule has 2 aromatic rings. The molecule has 0 aliphatic rings. The van der Waals surface area contributed by atoms with Gasteiger partial charge in [0.25, 0.3) is 10.0 Å². The van der Waals surface area contributed by atoms with Crippen molar-refractivity contribution >= 4 is 33.1 Å². The molecule has 2 rings (SSSR count). The summed E-state index contributed by atoms with van der Waals surface area (Å²) < 4.78 is 33.5. The summed E-state index contributed by atoms with van der Waals surface area (Å²) in [6, 6.07) is 4.57. The highest BCUT2D eigenvalue weighted by Gasteiger charge is 2.21. The Bertz CT molecular complexity index is 758. The molecule has 0 aliphatic carbocycles. The molecule has 0 unspecified atom stereocenters. The average molecular weight is 331 g/mol. The maximum atomic E-state index is 12.3. The summed E-state index contributed by atoms with van der Waals surface area (Å²) in [6.45, 7) is 2.35. The first-order valence-electron chi connectivity index (χ1n) is 6.06. The first-order chi connectivity index (χ1) is 9.87. The number of rotatable bonds is 5. The predicted molar refractivity (Wildman–Crippen MR) is 81.1 cm³/mol. The Labute approximate surface area is 127 Å². The zero-order valence-electron chi connectivity index (χ0n) is 11.5. The van der Waals surface area contributed by atoms with Crippen LogP contribution in [0.5, 0.6) is 5.75 Å². The van der Waals surface area contributed by atoms with Gasteiger partial charge < -0.3 is 10.5 Å². The summed E-state index contributed by atoms with van der Waals surface area (Å²) in [6.07, 6.45) is 1.38. The lowest BCUT2D eigenvalue weighted by Crippen LogP contribution is -2.14. The molecule has 0 amide bonds. The van der Waals surface area contributed by atoms with Crippen LogP contribution in [0.2, 0.25) is 5.02 Å². The first kappa shape index (κ1) is 15.5. The molecule has 0 bridgehead atoms. The quantitative estimate of drug-likeness (QED) is 0.872. The molecule has 1 aromatic heterocycles. The smallest absolute Gasteiger partial charge is 0.267 e. The lowest BCUT2D eigenvalue weighted by atomic mass is 10.3. The Balaban J connectivity index is 2.32. The third kappa shape index (κ3) is 3.22. The maximum Gasteiger partial charge on any atom is 0.267 e. The number of methoxy groups -OCH3 is 1. The molecule has 0 atom stereocenters. The lowest BCUT2D eigenvalue weighted by Gasteiger charge is -2.09. The third-order valence-electron chi connectivity index (χ3n) is 2.77. The van der Waals surface area contributed by atoms with Crippen LogP contribution in [0, 0.1) is 0 Å². The van der Waals surface area contributed by atoms with Gasteiger partial charge in [0.15, 0.2) is 5.82 Å². The highest BCUT2D eigenvalue weighted by atomic mass is 35.5. The second-order valence-corrected chi connectivity index (χ2v) is 6.25. The SMILES string of the molecule is CCn1cc(S(=O)(=O)Nc2ccc(OC)c(Cl)c2)c(N)n1. The number of aryl methyl sites for hydroxylation is 1. The van der Waals surface area contributed by atoms with Gasteiger partial charge in [-0.2, -0.15) is 5.10 Å². The molecule has 0 saturated carbocycles. The molecule has 1 heterocycles. The van der Waals surface area contributed by atoms with Gasteiger partial charge in [0, 0.05) is 12.7 Å². The van der Waals surface area contributed by atoms with E-state index in [0.29, 0.717) is 23.0 Å². The molecular formula is C12H15ClN4O3S. The number of hydrogen-bond acceptors (Lipinski definition) is 5. The molecule has 9 heteroatoms. The van der Waals surface area contributed by atoms with Crippen LogP contribution >= 0.6 is 11.6 Å². The van der Waals surface area contributed by atoms with Crippen LogP contribution < -0.4 is 15.2 Å². The minimum absolute atomic E-state index is 0.0519. The standard InChI is InChI=1S/C12H15ClN4O3S/c1-3-17-7-11(12(14)15-17)21(18,19)16-8-4-5-10(20-2)9(13)6-8/h4-7,16H,3H2,1-2H3,(H2,14,15). The topological polar surface area (TPSA) is 99.2 Å². The number of nitrogens with zero attached hydrogens (tertiary/aromatic N) is 2. The van der Waals surface area contributed by atoms with Gasteiger partial charge in [-0.15, -0.1) is 0 Å². The number of nitrogens with two attached hydrogens (primary N) is 1. The predicted octanol–water partition coefficient (Wildman–Crippen LogP) is 1.95. The highest BCUT2D eigenvalue weighted by Crippen LogP contribution is 2.29. The Morgan fingerprint density at radius 2 is 2.19 bits per heavy atom. The molecule has 3 N–H and O–H groups in total. The molecule has 7 nitrogen and oxygen atoms in total. The third-order valence-corrected chi connectivity index (χ3v) is 4.47. The molecule has 0 fully saturated rings. The van der Waals surface area contributed by atoms with Crippen molar-refractivity contribution in [1.82, 2.24) is 9.78 Å². The Kier molecular flexibility index (Phi) is 4.29. The summed E-state index contributed by atoms with van der Waals surface area (Å²) in [5.41, 5.74) is 5.94. The van der Waals surface area contributed by atoms with Crippen molar-refractivity contribution in [2.75, 3.05) is 17.6 Å². The van der Waals surface area contributed by atoms with Gasteiger partial charge >= 0.3 is 0 Å². The van der Waals surface area contributed by atoms with Crippen molar-refractivity contribution < 1.29 is 13.2 Å². The van der Waals surface area contributed by atoms with Gasteiger partial charge in [0.1, 0.15) is 10.6 Å². The first-order valence-corrected chi connectivity index (χ1v) is 7.92. The summed E-state index contributed by atoms with van der Waals surface area (Å²) in [4.78, 5) is -0.0729. The van der Waals surface area contributed by atoms with E-state index in [2.05, 4.69) is 9.82 Å². The molecule has 0 saturated heterocycles. The average Bonchev–Trinajstić information content (AvgIpc) is 2.81. The van der Waals surface area contributed by atoms with Crippen LogP contribution in [0.3, 0.4) is 0 Å². The van der Waals surface area contributed by atoms with Crippen molar-refractivity contribution in [3.05, 3.63) is 29.4 Å². The summed E-state index contributed by atoms with van der Waals surface area (Å²) in [5, 5.41) is 4.21.